The lowest BCUT2D eigenvalue weighted by Gasteiger charge is -2.12. The van der Waals surface area contributed by atoms with E-state index in [1.165, 1.54) is 5.56 Å². The first-order valence-electron chi connectivity index (χ1n) is 8.82. The van der Waals surface area contributed by atoms with E-state index in [1.54, 1.807) is 0 Å². The molecule has 0 heterocycles. The average Bonchev–Trinajstić information content (AvgIpc) is 2.64. The number of hydrogen-bond acceptors (Lipinski definition) is 3. The van der Waals surface area contributed by atoms with E-state index >= 15 is 0 Å². The number of carbonyl (C=O) groups is 2. The molecule has 0 unspecified atom stereocenters. The minimum Gasteiger partial charge on any atom is -0.483 e. The third-order valence-corrected chi connectivity index (χ3v) is 3.72. The molecule has 0 aliphatic carbocycles. The Kier molecular flexibility index (Phi) is 7.68. The van der Waals surface area contributed by atoms with E-state index in [2.05, 4.69) is 22.8 Å². The summed E-state index contributed by atoms with van der Waals surface area (Å²) in [5.41, 5.74) is 2.19. The molecule has 2 amide bonds. The van der Waals surface area contributed by atoms with E-state index in [1.807, 2.05) is 56.3 Å². The maximum Gasteiger partial charge on any atom is 0.258 e. The van der Waals surface area contributed by atoms with Crippen LogP contribution in [0.15, 0.2) is 54.6 Å². The monoisotopic (exact) mass is 354 g/mol. The van der Waals surface area contributed by atoms with Crippen molar-refractivity contribution in [3.8, 4) is 5.75 Å². The molecule has 0 spiro atoms. The zero-order valence-corrected chi connectivity index (χ0v) is 15.3. The molecule has 26 heavy (non-hydrogen) atoms. The molecule has 138 valence electrons. The minimum atomic E-state index is -0.320. The second-order valence-electron chi connectivity index (χ2n) is 6.53. The molecule has 0 bridgehead atoms. The number of rotatable bonds is 9. The van der Waals surface area contributed by atoms with Crippen molar-refractivity contribution >= 4 is 11.8 Å². The fourth-order valence-corrected chi connectivity index (χ4v) is 2.36. The number of benzene rings is 2. The Morgan fingerprint density at radius 3 is 2.35 bits per heavy atom. The van der Waals surface area contributed by atoms with Gasteiger partial charge >= 0.3 is 0 Å². The third kappa shape index (κ3) is 6.97. The fourth-order valence-electron chi connectivity index (χ4n) is 2.36. The van der Waals surface area contributed by atoms with E-state index < -0.39 is 0 Å². The molecular formula is C21H26N2O3. The van der Waals surface area contributed by atoms with Gasteiger partial charge in [0.15, 0.2) is 6.61 Å². The molecule has 2 aromatic rings. The van der Waals surface area contributed by atoms with Crippen molar-refractivity contribution in [1.29, 1.82) is 0 Å². The van der Waals surface area contributed by atoms with Crippen molar-refractivity contribution in [1.82, 2.24) is 10.6 Å². The first kappa shape index (κ1) is 19.5. The number of para-hydroxylation sites is 1. The minimum absolute atomic E-state index is 0.0411. The summed E-state index contributed by atoms with van der Waals surface area (Å²) in [6.45, 7) is 4.46. The highest BCUT2D eigenvalue weighted by molar-refractivity contribution is 5.85. The molecule has 0 saturated heterocycles. The average molecular weight is 354 g/mol. The molecule has 2 N–H and O–H groups in total. The first-order valence-corrected chi connectivity index (χ1v) is 8.82. The predicted molar refractivity (Wildman–Crippen MR) is 102 cm³/mol. The molecule has 2 aromatic carbocycles. The molecule has 0 atom stereocenters. The van der Waals surface area contributed by atoms with Gasteiger partial charge < -0.3 is 15.4 Å². The summed E-state index contributed by atoms with van der Waals surface area (Å²) in [7, 11) is 0. The van der Waals surface area contributed by atoms with Gasteiger partial charge in [0.2, 0.25) is 5.91 Å². The summed E-state index contributed by atoms with van der Waals surface area (Å²) < 4.78 is 5.66. The van der Waals surface area contributed by atoms with E-state index in [9.17, 15) is 9.59 Å². The number of ether oxygens (including phenoxy) is 1. The molecule has 0 radical (unpaired) electrons. The highest BCUT2D eigenvalue weighted by Crippen LogP contribution is 2.21. The Balaban J connectivity index is 1.82. The molecule has 0 aliphatic heterocycles. The zero-order chi connectivity index (χ0) is 18.8. The quantitative estimate of drug-likeness (QED) is 0.727. The van der Waals surface area contributed by atoms with Gasteiger partial charge in [-0.3, -0.25) is 9.59 Å². The van der Waals surface area contributed by atoms with Crippen LogP contribution in [0, 0.1) is 5.92 Å². The van der Waals surface area contributed by atoms with Crippen molar-refractivity contribution in [3.63, 3.8) is 0 Å². The Labute approximate surface area is 154 Å². The summed E-state index contributed by atoms with van der Waals surface area (Å²) >= 11 is 0. The van der Waals surface area contributed by atoms with Gasteiger partial charge in [-0.05, 0) is 23.1 Å². The van der Waals surface area contributed by atoms with Crippen molar-refractivity contribution in [3.05, 3.63) is 65.7 Å². The summed E-state index contributed by atoms with van der Waals surface area (Å²) in [6, 6.07) is 17.7. The van der Waals surface area contributed by atoms with Gasteiger partial charge in [0.25, 0.3) is 5.91 Å². The van der Waals surface area contributed by atoms with Gasteiger partial charge in [-0.15, -0.1) is 0 Å². The van der Waals surface area contributed by atoms with Crippen LogP contribution in [-0.4, -0.2) is 31.5 Å². The zero-order valence-electron chi connectivity index (χ0n) is 15.3. The molecule has 2 rings (SSSR count). The third-order valence-electron chi connectivity index (χ3n) is 3.72. The smallest absolute Gasteiger partial charge is 0.258 e. The molecule has 0 saturated carbocycles. The van der Waals surface area contributed by atoms with Crippen molar-refractivity contribution < 1.29 is 14.3 Å². The van der Waals surface area contributed by atoms with Crippen molar-refractivity contribution in [2.45, 2.75) is 20.3 Å². The van der Waals surface area contributed by atoms with Crippen LogP contribution in [0.3, 0.4) is 0 Å². The lowest BCUT2D eigenvalue weighted by Crippen LogP contribution is -2.40. The first-order chi connectivity index (χ1) is 12.5. The molecular weight excluding hydrogens is 328 g/mol. The van der Waals surface area contributed by atoms with Crippen LogP contribution in [-0.2, 0) is 16.0 Å². The van der Waals surface area contributed by atoms with Crippen LogP contribution in [0.5, 0.6) is 5.75 Å². The van der Waals surface area contributed by atoms with Crippen LogP contribution in [0.2, 0.25) is 0 Å². The number of carbonyl (C=O) groups excluding carboxylic acids is 2. The van der Waals surface area contributed by atoms with Crippen LogP contribution >= 0.6 is 0 Å². The van der Waals surface area contributed by atoms with E-state index in [0.29, 0.717) is 18.2 Å². The fraction of sp³-hybridized carbons (Fsp3) is 0.333. The van der Waals surface area contributed by atoms with Gasteiger partial charge in [-0.25, -0.2) is 0 Å². The van der Waals surface area contributed by atoms with E-state index in [-0.39, 0.29) is 25.0 Å². The Morgan fingerprint density at radius 1 is 0.923 bits per heavy atom. The number of hydrogen-bond donors (Lipinski definition) is 2. The number of nitrogens with one attached hydrogen (secondary N) is 2. The molecule has 0 fully saturated rings. The Hall–Kier alpha value is -2.82. The van der Waals surface area contributed by atoms with Crippen molar-refractivity contribution in [2.75, 3.05) is 19.7 Å². The maximum absolute atomic E-state index is 11.9. The summed E-state index contributed by atoms with van der Waals surface area (Å²) in [5.74, 6) is 0.533. The van der Waals surface area contributed by atoms with Crippen LogP contribution in [0.25, 0.3) is 0 Å². The maximum atomic E-state index is 11.9. The Bertz CT molecular complexity index is 714. The van der Waals surface area contributed by atoms with E-state index in [0.717, 1.165) is 12.0 Å². The Morgan fingerprint density at radius 2 is 1.62 bits per heavy atom. The number of amides is 2. The topological polar surface area (TPSA) is 67.4 Å². The second kappa shape index (κ2) is 10.2. The largest absolute Gasteiger partial charge is 0.483 e. The van der Waals surface area contributed by atoms with Gasteiger partial charge in [0.1, 0.15) is 5.75 Å². The van der Waals surface area contributed by atoms with Crippen LogP contribution in [0.1, 0.15) is 25.0 Å². The lowest BCUT2D eigenvalue weighted by atomic mass is 10.0. The normalized spacial score (nSPS) is 10.4. The molecule has 5 nitrogen and oxygen atoms in total. The van der Waals surface area contributed by atoms with Crippen LogP contribution < -0.4 is 15.4 Å². The summed E-state index contributed by atoms with van der Waals surface area (Å²) in [5, 5.41) is 5.32. The predicted octanol–water partition coefficient (Wildman–Crippen LogP) is 2.54. The SMILES string of the molecule is CC(C)CNC(=O)CNC(=O)COc1ccccc1Cc1ccccc1. The van der Waals surface area contributed by atoms with Gasteiger partial charge in [0, 0.05) is 13.0 Å². The van der Waals surface area contributed by atoms with Crippen LogP contribution in [0.4, 0.5) is 0 Å². The second-order valence-corrected chi connectivity index (χ2v) is 6.53. The van der Waals surface area contributed by atoms with Gasteiger partial charge in [0.05, 0.1) is 6.54 Å². The molecule has 5 heteroatoms. The molecule has 0 aromatic heterocycles. The summed E-state index contributed by atoms with van der Waals surface area (Å²) in [4.78, 5) is 23.5. The summed E-state index contributed by atoms with van der Waals surface area (Å²) in [6.07, 6.45) is 0.732. The highest BCUT2D eigenvalue weighted by atomic mass is 16.5. The molecule has 0 aliphatic rings. The van der Waals surface area contributed by atoms with Gasteiger partial charge in [-0.1, -0.05) is 62.4 Å². The standard InChI is InChI=1S/C21H26N2O3/c1-16(2)13-22-20(24)14-23-21(25)15-26-19-11-7-6-10-18(19)12-17-8-4-3-5-9-17/h3-11,16H,12-15H2,1-2H3,(H,22,24)(H,23,25). The van der Waals surface area contributed by atoms with Crippen molar-refractivity contribution in [2.24, 2.45) is 5.92 Å². The highest BCUT2D eigenvalue weighted by Gasteiger charge is 2.09. The van der Waals surface area contributed by atoms with E-state index in [4.69, 9.17) is 4.74 Å². The van der Waals surface area contributed by atoms with Gasteiger partial charge in [-0.2, -0.15) is 0 Å². The lowest BCUT2D eigenvalue weighted by molar-refractivity contribution is -0.127.